The van der Waals surface area contributed by atoms with Crippen LogP contribution in [0.1, 0.15) is 18.5 Å². The zero-order valence-electron chi connectivity index (χ0n) is 8.44. The number of likely N-dealkylation sites (N-methyl/N-ethyl adjacent to an activating group) is 1. The Kier molecular flexibility index (Phi) is 2.82. The van der Waals surface area contributed by atoms with Crippen LogP contribution >= 0.6 is 11.6 Å². The lowest BCUT2D eigenvalue weighted by molar-refractivity contribution is 0.159. The van der Waals surface area contributed by atoms with E-state index in [2.05, 4.69) is 0 Å². The lowest BCUT2D eigenvalue weighted by Gasteiger charge is -2.19. The van der Waals surface area contributed by atoms with E-state index >= 15 is 0 Å². The monoisotopic (exact) mass is 225 g/mol. The molecule has 0 saturated carbocycles. The van der Waals surface area contributed by atoms with E-state index < -0.39 is 0 Å². The number of ether oxygens (including phenoxy) is 1. The van der Waals surface area contributed by atoms with Crippen molar-refractivity contribution in [1.82, 2.24) is 4.90 Å². The molecular formula is C11H12ClNO2. The number of carbonyl (C=O) groups is 1. The van der Waals surface area contributed by atoms with Crippen LogP contribution in [0.15, 0.2) is 24.3 Å². The topological polar surface area (TPSA) is 29.5 Å². The zero-order chi connectivity index (χ0) is 10.8. The molecular weight excluding hydrogens is 214 g/mol. The van der Waals surface area contributed by atoms with Crippen molar-refractivity contribution in [3.63, 3.8) is 0 Å². The van der Waals surface area contributed by atoms with Crippen molar-refractivity contribution in [1.29, 1.82) is 0 Å². The molecule has 1 amide bonds. The van der Waals surface area contributed by atoms with E-state index in [4.69, 9.17) is 16.3 Å². The SMILES string of the molecule is CCN1C(=O)OCC1c1ccc(Cl)cc1. The van der Waals surface area contributed by atoms with Crippen LogP contribution in [0, 0.1) is 0 Å². The van der Waals surface area contributed by atoms with E-state index in [1.807, 2.05) is 31.2 Å². The number of benzene rings is 1. The lowest BCUT2D eigenvalue weighted by atomic mass is 10.1. The second-order valence-corrected chi connectivity index (χ2v) is 3.87. The lowest BCUT2D eigenvalue weighted by Crippen LogP contribution is -2.27. The molecule has 0 radical (unpaired) electrons. The predicted molar refractivity (Wildman–Crippen MR) is 57.9 cm³/mol. The molecule has 15 heavy (non-hydrogen) atoms. The minimum Gasteiger partial charge on any atom is -0.447 e. The highest BCUT2D eigenvalue weighted by Crippen LogP contribution is 2.27. The van der Waals surface area contributed by atoms with Crippen molar-refractivity contribution in [2.75, 3.05) is 13.2 Å². The Morgan fingerprint density at radius 2 is 2.13 bits per heavy atom. The third-order valence-corrected chi connectivity index (χ3v) is 2.82. The number of hydrogen-bond donors (Lipinski definition) is 0. The van der Waals surface area contributed by atoms with E-state index in [9.17, 15) is 4.79 Å². The molecule has 1 aromatic rings. The van der Waals surface area contributed by atoms with Gasteiger partial charge in [0.2, 0.25) is 0 Å². The average Bonchev–Trinajstić information content (AvgIpc) is 2.61. The standard InChI is InChI=1S/C11H12ClNO2/c1-2-13-10(7-15-11(13)14)8-3-5-9(12)6-4-8/h3-6,10H,2,7H2,1H3. The Balaban J connectivity index is 2.23. The zero-order valence-corrected chi connectivity index (χ0v) is 9.20. The molecule has 0 N–H and O–H groups in total. The highest BCUT2D eigenvalue weighted by molar-refractivity contribution is 6.30. The van der Waals surface area contributed by atoms with Gasteiger partial charge in [0, 0.05) is 11.6 Å². The number of cyclic esters (lactones) is 1. The Morgan fingerprint density at radius 3 is 2.73 bits per heavy atom. The first kappa shape index (κ1) is 10.3. The molecule has 0 bridgehead atoms. The summed E-state index contributed by atoms with van der Waals surface area (Å²) in [5.74, 6) is 0. The van der Waals surface area contributed by atoms with Crippen molar-refractivity contribution in [2.45, 2.75) is 13.0 Å². The summed E-state index contributed by atoms with van der Waals surface area (Å²) < 4.78 is 5.01. The highest BCUT2D eigenvalue weighted by Gasteiger charge is 2.32. The van der Waals surface area contributed by atoms with Crippen LogP contribution in [0.2, 0.25) is 5.02 Å². The van der Waals surface area contributed by atoms with E-state index in [0.29, 0.717) is 18.2 Å². The normalized spacial score (nSPS) is 20.5. The maximum absolute atomic E-state index is 11.3. The third kappa shape index (κ3) is 1.92. The second-order valence-electron chi connectivity index (χ2n) is 3.43. The highest BCUT2D eigenvalue weighted by atomic mass is 35.5. The van der Waals surface area contributed by atoms with Gasteiger partial charge in [0.15, 0.2) is 0 Å². The number of rotatable bonds is 2. The maximum atomic E-state index is 11.3. The number of hydrogen-bond acceptors (Lipinski definition) is 2. The largest absolute Gasteiger partial charge is 0.447 e. The molecule has 1 fully saturated rings. The summed E-state index contributed by atoms with van der Waals surface area (Å²) in [4.78, 5) is 13.0. The Hall–Kier alpha value is -1.22. The van der Waals surface area contributed by atoms with Crippen molar-refractivity contribution < 1.29 is 9.53 Å². The van der Waals surface area contributed by atoms with E-state index in [-0.39, 0.29) is 12.1 Å². The van der Waals surface area contributed by atoms with Gasteiger partial charge in [0.05, 0.1) is 6.04 Å². The van der Waals surface area contributed by atoms with Crippen LogP contribution in [0.4, 0.5) is 4.79 Å². The molecule has 1 atom stereocenters. The van der Waals surface area contributed by atoms with Crippen molar-refractivity contribution in [2.24, 2.45) is 0 Å². The molecule has 0 aliphatic carbocycles. The molecule has 0 aromatic heterocycles. The average molecular weight is 226 g/mol. The van der Waals surface area contributed by atoms with Crippen LogP contribution in [-0.2, 0) is 4.74 Å². The number of carbonyl (C=O) groups excluding carboxylic acids is 1. The molecule has 80 valence electrons. The molecule has 4 heteroatoms. The number of halogens is 1. The van der Waals surface area contributed by atoms with Crippen molar-refractivity contribution in [3.05, 3.63) is 34.9 Å². The Morgan fingerprint density at radius 1 is 1.47 bits per heavy atom. The maximum Gasteiger partial charge on any atom is 0.410 e. The first-order valence-corrected chi connectivity index (χ1v) is 5.29. The minimum absolute atomic E-state index is 0.0276. The second kappa shape index (κ2) is 4.11. The molecule has 1 aliphatic rings. The molecule has 1 aliphatic heterocycles. The van der Waals surface area contributed by atoms with Crippen LogP contribution in [0.25, 0.3) is 0 Å². The van der Waals surface area contributed by atoms with Crippen molar-refractivity contribution >= 4 is 17.7 Å². The Labute approximate surface area is 93.6 Å². The number of amides is 1. The van der Waals surface area contributed by atoms with E-state index in [1.54, 1.807) is 4.90 Å². The minimum atomic E-state index is -0.238. The quantitative estimate of drug-likeness (QED) is 0.775. The smallest absolute Gasteiger partial charge is 0.410 e. The fourth-order valence-electron chi connectivity index (χ4n) is 1.76. The summed E-state index contributed by atoms with van der Waals surface area (Å²) >= 11 is 5.81. The summed E-state index contributed by atoms with van der Waals surface area (Å²) in [7, 11) is 0. The van der Waals surface area contributed by atoms with Gasteiger partial charge >= 0.3 is 6.09 Å². The van der Waals surface area contributed by atoms with Gasteiger partial charge < -0.3 is 4.74 Å². The van der Waals surface area contributed by atoms with E-state index in [1.165, 1.54) is 0 Å². The van der Waals surface area contributed by atoms with Crippen LogP contribution < -0.4 is 0 Å². The summed E-state index contributed by atoms with van der Waals surface area (Å²) in [6.07, 6.45) is -0.238. The van der Waals surface area contributed by atoms with E-state index in [0.717, 1.165) is 5.56 Å². The molecule has 0 spiro atoms. The van der Waals surface area contributed by atoms with Gasteiger partial charge in [0.1, 0.15) is 6.61 Å². The van der Waals surface area contributed by atoms with Gasteiger partial charge in [-0.1, -0.05) is 23.7 Å². The predicted octanol–water partition coefficient (Wildman–Crippen LogP) is 2.85. The molecule has 1 unspecified atom stereocenters. The Bertz CT molecular complexity index is 363. The fourth-order valence-corrected chi connectivity index (χ4v) is 1.89. The molecule has 1 saturated heterocycles. The fraction of sp³-hybridized carbons (Fsp3) is 0.364. The number of nitrogens with zero attached hydrogens (tertiary/aromatic N) is 1. The third-order valence-electron chi connectivity index (χ3n) is 2.57. The van der Waals surface area contributed by atoms with Crippen LogP contribution in [0.5, 0.6) is 0 Å². The summed E-state index contributed by atoms with van der Waals surface area (Å²) in [5.41, 5.74) is 1.06. The van der Waals surface area contributed by atoms with Gasteiger partial charge in [-0.05, 0) is 24.6 Å². The van der Waals surface area contributed by atoms with Crippen molar-refractivity contribution in [3.8, 4) is 0 Å². The first-order valence-electron chi connectivity index (χ1n) is 4.91. The van der Waals surface area contributed by atoms with Crippen LogP contribution in [-0.4, -0.2) is 24.1 Å². The van der Waals surface area contributed by atoms with Gasteiger partial charge in [-0.25, -0.2) is 4.79 Å². The molecule has 3 nitrogen and oxygen atoms in total. The first-order chi connectivity index (χ1) is 7.22. The molecule has 2 rings (SSSR count). The molecule has 1 aromatic carbocycles. The summed E-state index contributed by atoms with van der Waals surface area (Å²) in [5, 5.41) is 0.701. The van der Waals surface area contributed by atoms with Gasteiger partial charge in [0.25, 0.3) is 0 Å². The molecule has 1 heterocycles. The van der Waals surface area contributed by atoms with Gasteiger partial charge in [-0.3, -0.25) is 4.90 Å². The summed E-state index contributed by atoms with van der Waals surface area (Å²) in [6, 6.07) is 7.54. The van der Waals surface area contributed by atoms with Gasteiger partial charge in [-0.2, -0.15) is 0 Å². The van der Waals surface area contributed by atoms with Crippen LogP contribution in [0.3, 0.4) is 0 Å². The van der Waals surface area contributed by atoms with Gasteiger partial charge in [-0.15, -0.1) is 0 Å². The summed E-state index contributed by atoms with van der Waals surface area (Å²) in [6.45, 7) is 3.02.